The van der Waals surface area contributed by atoms with Gasteiger partial charge in [0, 0.05) is 6.04 Å². The highest BCUT2D eigenvalue weighted by Crippen LogP contribution is 2.47. The van der Waals surface area contributed by atoms with Crippen LogP contribution in [0.2, 0.25) is 0 Å². The van der Waals surface area contributed by atoms with Gasteiger partial charge in [-0.2, -0.15) is 0 Å². The predicted octanol–water partition coefficient (Wildman–Crippen LogP) is 3.72. The first-order valence-electron chi connectivity index (χ1n) is 8.14. The molecule has 3 heteroatoms. The minimum atomic E-state index is -0.681. The lowest BCUT2D eigenvalue weighted by Crippen LogP contribution is -2.46. The molecular formula is C16H29NO2. The van der Waals surface area contributed by atoms with Gasteiger partial charge in [-0.25, -0.2) is 0 Å². The first-order valence-corrected chi connectivity index (χ1v) is 8.14. The fourth-order valence-electron chi connectivity index (χ4n) is 4.05. The van der Waals surface area contributed by atoms with Crippen LogP contribution in [-0.4, -0.2) is 23.2 Å². The van der Waals surface area contributed by atoms with Crippen LogP contribution < -0.4 is 5.32 Å². The Bertz CT molecular complexity index is 287. The summed E-state index contributed by atoms with van der Waals surface area (Å²) in [4.78, 5) is 11.2. The standard InChI is InChI=1S/C16H29NO2/c1-2-6-14(15(18)19)17-13-7-11-16(12-8-13)9-4-3-5-10-16/h13-14,17H,2-12H2,1H3,(H,18,19). The van der Waals surface area contributed by atoms with Crippen molar-refractivity contribution >= 4 is 5.97 Å². The Kier molecular flexibility index (Phi) is 5.26. The van der Waals surface area contributed by atoms with Crippen LogP contribution in [0.3, 0.4) is 0 Å². The van der Waals surface area contributed by atoms with Crippen LogP contribution in [0.15, 0.2) is 0 Å². The second-order valence-electron chi connectivity index (χ2n) is 6.68. The van der Waals surface area contributed by atoms with E-state index in [2.05, 4.69) is 12.2 Å². The topological polar surface area (TPSA) is 49.3 Å². The smallest absolute Gasteiger partial charge is 0.320 e. The number of carbonyl (C=O) groups is 1. The van der Waals surface area contributed by atoms with E-state index in [4.69, 9.17) is 0 Å². The number of rotatable bonds is 5. The maximum absolute atomic E-state index is 11.2. The Morgan fingerprint density at radius 3 is 2.37 bits per heavy atom. The van der Waals surface area contributed by atoms with Crippen molar-refractivity contribution in [2.24, 2.45) is 5.41 Å². The number of carboxylic acids is 1. The van der Waals surface area contributed by atoms with Crippen LogP contribution in [0.25, 0.3) is 0 Å². The summed E-state index contributed by atoms with van der Waals surface area (Å²) in [6, 6.07) is 0.0932. The largest absolute Gasteiger partial charge is 0.480 e. The lowest BCUT2D eigenvalue weighted by molar-refractivity contribution is -0.140. The van der Waals surface area contributed by atoms with Gasteiger partial charge in [0.05, 0.1) is 0 Å². The SMILES string of the molecule is CCCC(NC1CCC2(CCCCC2)CC1)C(=O)O. The van der Waals surface area contributed by atoms with Gasteiger partial charge in [0.1, 0.15) is 6.04 Å². The van der Waals surface area contributed by atoms with Gasteiger partial charge in [-0.05, 0) is 50.4 Å². The van der Waals surface area contributed by atoms with Crippen molar-refractivity contribution in [2.75, 3.05) is 0 Å². The first-order chi connectivity index (χ1) is 9.15. The van der Waals surface area contributed by atoms with Gasteiger partial charge in [0.2, 0.25) is 0 Å². The molecule has 1 atom stereocenters. The minimum Gasteiger partial charge on any atom is -0.480 e. The zero-order valence-electron chi connectivity index (χ0n) is 12.3. The summed E-state index contributed by atoms with van der Waals surface area (Å²) in [5.74, 6) is -0.681. The van der Waals surface area contributed by atoms with Crippen LogP contribution in [-0.2, 0) is 4.79 Å². The Hall–Kier alpha value is -0.570. The third-order valence-corrected chi connectivity index (χ3v) is 5.27. The fraction of sp³-hybridized carbons (Fsp3) is 0.938. The van der Waals surface area contributed by atoms with Crippen molar-refractivity contribution in [1.82, 2.24) is 5.32 Å². The van der Waals surface area contributed by atoms with E-state index >= 15 is 0 Å². The highest BCUT2D eigenvalue weighted by Gasteiger charge is 2.36. The highest BCUT2D eigenvalue weighted by atomic mass is 16.4. The lowest BCUT2D eigenvalue weighted by atomic mass is 9.64. The third kappa shape index (κ3) is 3.95. The van der Waals surface area contributed by atoms with E-state index in [1.165, 1.54) is 57.8 Å². The van der Waals surface area contributed by atoms with Crippen LogP contribution >= 0.6 is 0 Å². The fourth-order valence-corrected chi connectivity index (χ4v) is 4.05. The van der Waals surface area contributed by atoms with Crippen molar-refractivity contribution < 1.29 is 9.90 Å². The molecule has 2 aliphatic rings. The van der Waals surface area contributed by atoms with E-state index in [1.807, 2.05) is 0 Å². The summed E-state index contributed by atoms with van der Waals surface area (Å²) < 4.78 is 0. The molecule has 0 radical (unpaired) electrons. The summed E-state index contributed by atoms with van der Waals surface area (Å²) in [6.07, 6.45) is 13.7. The molecule has 0 aliphatic heterocycles. The minimum absolute atomic E-state index is 0.338. The number of nitrogens with one attached hydrogen (secondary N) is 1. The van der Waals surface area contributed by atoms with Crippen molar-refractivity contribution in [2.45, 2.75) is 89.6 Å². The quantitative estimate of drug-likeness (QED) is 0.798. The number of hydrogen-bond acceptors (Lipinski definition) is 2. The molecule has 2 rings (SSSR count). The molecule has 0 bridgehead atoms. The molecule has 2 aliphatic carbocycles. The molecule has 2 N–H and O–H groups in total. The molecular weight excluding hydrogens is 238 g/mol. The van der Waals surface area contributed by atoms with Gasteiger partial charge in [0.25, 0.3) is 0 Å². The van der Waals surface area contributed by atoms with E-state index in [0.717, 1.165) is 12.8 Å². The third-order valence-electron chi connectivity index (χ3n) is 5.27. The molecule has 2 saturated carbocycles. The van der Waals surface area contributed by atoms with Gasteiger partial charge in [-0.15, -0.1) is 0 Å². The summed E-state index contributed by atoms with van der Waals surface area (Å²) in [5.41, 5.74) is 0.625. The Morgan fingerprint density at radius 1 is 1.21 bits per heavy atom. The molecule has 0 amide bonds. The maximum Gasteiger partial charge on any atom is 0.320 e. The Balaban J connectivity index is 1.80. The van der Waals surface area contributed by atoms with Gasteiger partial charge in [0.15, 0.2) is 0 Å². The first kappa shape index (κ1) is 14.8. The molecule has 0 aromatic rings. The van der Waals surface area contributed by atoms with Gasteiger partial charge >= 0.3 is 5.97 Å². The second-order valence-corrected chi connectivity index (χ2v) is 6.68. The second kappa shape index (κ2) is 6.74. The summed E-state index contributed by atoms with van der Waals surface area (Å²) in [5, 5.41) is 12.6. The van der Waals surface area contributed by atoms with Crippen molar-refractivity contribution in [3.8, 4) is 0 Å². The van der Waals surface area contributed by atoms with E-state index in [-0.39, 0.29) is 6.04 Å². The van der Waals surface area contributed by atoms with E-state index < -0.39 is 5.97 Å². The summed E-state index contributed by atoms with van der Waals surface area (Å²) in [7, 11) is 0. The van der Waals surface area contributed by atoms with Crippen LogP contribution in [0.4, 0.5) is 0 Å². The molecule has 0 aromatic carbocycles. The highest BCUT2D eigenvalue weighted by molar-refractivity contribution is 5.73. The van der Waals surface area contributed by atoms with Gasteiger partial charge in [-0.3, -0.25) is 4.79 Å². The maximum atomic E-state index is 11.2. The molecule has 2 fully saturated rings. The van der Waals surface area contributed by atoms with Crippen LogP contribution in [0, 0.1) is 5.41 Å². The average molecular weight is 267 g/mol. The molecule has 0 heterocycles. The molecule has 3 nitrogen and oxygen atoms in total. The number of aliphatic carboxylic acids is 1. The molecule has 0 aromatic heterocycles. The zero-order valence-corrected chi connectivity index (χ0v) is 12.3. The predicted molar refractivity (Wildman–Crippen MR) is 77.2 cm³/mol. The Labute approximate surface area is 117 Å². The lowest BCUT2D eigenvalue weighted by Gasteiger charge is -2.43. The van der Waals surface area contributed by atoms with Crippen molar-refractivity contribution in [3.63, 3.8) is 0 Å². The van der Waals surface area contributed by atoms with Crippen LogP contribution in [0.5, 0.6) is 0 Å². The normalized spacial score (nSPS) is 25.3. The molecule has 110 valence electrons. The van der Waals surface area contributed by atoms with E-state index in [1.54, 1.807) is 0 Å². The number of hydrogen-bond donors (Lipinski definition) is 2. The van der Waals surface area contributed by atoms with Crippen molar-refractivity contribution in [3.05, 3.63) is 0 Å². The van der Waals surface area contributed by atoms with Gasteiger partial charge in [-0.1, -0.05) is 32.6 Å². The Morgan fingerprint density at radius 2 is 1.84 bits per heavy atom. The molecule has 19 heavy (non-hydrogen) atoms. The molecule has 0 saturated heterocycles. The zero-order chi connectivity index (χ0) is 13.7. The average Bonchev–Trinajstić information content (AvgIpc) is 2.42. The van der Waals surface area contributed by atoms with E-state index in [9.17, 15) is 9.90 Å². The summed E-state index contributed by atoms with van der Waals surface area (Å²) >= 11 is 0. The number of carboxylic acid groups (broad SMARTS) is 1. The van der Waals surface area contributed by atoms with Crippen LogP contribution in [0.1, 0.15) is 77.6 Å². The molecule has 1 spiro atoms. The summed E-state index contributed by atoms with van der Waals surface area (Å²) in [6.45, 7) is 2.05. The molecule has 1 unspecified atom stereocenters. The monoisotopic (exact) mass is 267 g/mol. The van der Waals surface area contributed by atoms with Crippen molar-refractivity contribution in [1.29, 1.82) is 0 Å². The van der Waals surface area contributed by atoms with E-state index in [0.29, 0.717) is 11.5 Å². The van der Waals surface area contributed by atoms with Gasteiger partial charge < -0.3 is 10.4 Å².